The van der Waals surface area contributed by atoms with E-state index < -0.39 is 17.5 Å². The molecule has 19 heavy (non-hydrogen) atoms. The van der Waals surface area contributed by atoms with Crippen molar-refractivity contribution in [2.75, 3.05) is 5.32 Å². The first kappa shape index (κ1) is 13.2. The van der Waals surface area contributed by atoms with E-state index in [1.165, 1.54) is 12.1 Å². The Morgan fingerprint density at radius 1 is 1.42 bits per heavy atom. The molecule has 1 aromatic heterocycles. The maximum absolute atomic E-state index is 13.5. The van der Waals surface area contributed by atoms with Gasteiger partial charge in [0.25, 0.3) is 5.91 Å². The lowest BCUT2D eigenvalue weighted by molar-refractivity contribution is 0.102. The molecule has 4 nitrogen and oxygen atoms in total. The number of benzene rings is 1. The van der Waals surface area contributed by atoms with Gasteiger partial charge in [0.05, 0.1) is 16.9 Å². The van der Waals surface area contributed by atoms with Crippen molar-refractivity contribution >= 4 is 11.6 Å². The lowest BCUT2D eigenvalue weighted by Gasteiger charge is -2.05. The number of carbonyl (C=O) groups is 1. The van der Waals surface area contributed by atoms with Gasteiger partial charge in [-0.2, -0.15) is 5.10 Å². The van der Waals surface area contributed by atoms with E-state index in [4.69, 9.17) is 0 Å². The van der Waals surface area contributed by atoms with Crippen molar-refractivity contribution in [3.8, 4) is 0 Å². The fourth-order valence-electron chi connectivity index (χ4n) is 1.77. The van der Waals surface area contributed by atoms with Crippen LogP contribution < -0.4 is 5.32 Å². The molecule has 0 aliphatic heterocycles. The Morgan fingerprint density at radius 3 is 2.84 bits per heavy atom. The zero-order chi connectivity index (χ0) is 14.0. The number of aryl methyl sites for hydroxylation is 2. The van der Waals surface area contributed by atoms with E-state index in [0.29, 0.717) is 17.8 Å². The van der Waals surface area contributed by atoms with E-state index in [2.05, 4.69) is 10.4 Å². The molecule has 1 N–H and O–H groups in total. The molecule has 6 heteroatoms. The molecule has 1 amide bonds. The number of rotatable bonds is 3. The first-order valence-corrected chi connectivity index (χ1v) is 5.80. The lowest BCUT2D eigenvalue weighted by atomic mass is 10.2. The number of aromatic nitrogens is 2. The molecule has 1 heterocycles. The quantitative estimate of drug-likeness (QED) is 0.926. The summed E-state index contributed by atoms with van der Waals surface area (Å²) in [5.74, 6) is -2.89. The van der Waals surface area contributed by atoms with Crippen LogP contribution in [0.4, 0.5) is 14.5 Å². The van der Waals surface area contributed by atoms with Crippen molar-refractivity contribution in [3.63, 3.8) is 0 Å². The van der Waals surface area contributed by atoms with Crippen LogP contribution in [0.3, 0.4) is 0 Å². The first-order chi connectivity index (χ1) is 9.02. The van der Waals surface area contributed by atoms with Gasteiger partial charge < -0.3 is 5.32 Å². The van der Waals surface area contributed by atoms with E-state index in [9.17, 15) is 13.6 Å². The van der Waals surface area contributed by atoms with Crippen molar-refractivity contribution < 1.29 is 13.6 Å². The average molecular weight is 265 g/mol. The summed E-state index contributed by atoms with van der Waals surface area (Å²) in [6, 6.07) is 3.49. The van der Waals surface area contributed by atoms with Crippen molar-refractivity contribution in [3.05, 3.63) is 47.3 Å². The smallest absolute Gasteiger partial charge is 0.258 e. The molecule has 100 valence electrons. The molecule has 0 saturated heterocycles. The van der Waals surface area contributed by atoms with Crippen LogP contribution in [-0.2, 0) is 13.5 Å². The summed E-state index contributed by atoms with van der Waals surface area (Å²) in [4.78, 5) is 11.9. The molecule has 0 aliphatic carbocycles. The van der Waals surface area contributed by atoms with Gasteiger partial charge >= 0.3 is 0 Å². The average Bonchev–Trinajstić information content (AvgIpc) is 2.72. The number of amides is 1. The van der Waals surface area contributed by atoms with Crippen molar-refractivity contribution in [2.45, 2.75) is 13.3 Å². The number of nitrogens with zero attached hydrogens (tertiary/aromatic N) is 2. The Labute approximate surface area is 109 Å². The number of nitrogens with one attached hydrogen (secondary N) is 1. The van der Waals surface area contributed by atoms with Crippen molar-refractivity contribution in [2.24, 2.45) is 7.05 Å². The number of hydrogen-bond acceptors (Lipinski definition) is 2. The van der Waals surface area contributed by atoms with Crippen LogP contribution in [0, 0.1) is 11.6 Å². The summed E-state index contributed by atoms with van der Waals surface area (Å²) in [5.41, 5.74) is 0.859. The third-order valence-electron chi connectivity index (χ3n) is 2.68. The summed E-state index contributed by atoms with van der Waals surface area (Å²) < 4.78 is 28.1. The second kappa shape index (κ2) is 5.17. The van der Waals surface area contributed by atoms with Crippen LogP contribution in [0.25, 0.3) is 0 Å². The fraction of sp³-hybridized carbons (Fsp3) is 0.231. The highest BCUT2D eigenvalue weighted by molar-refractivity contribution is 6.04. The van der Waals surface area contributed by atoms with E-state index in [-0.39, 0.29) is 5.56 Å². The van der Waals surface area contributed by atoms with Gasteiger partial charge in [-0.1, -0.05) is 13.0 Å². The van der Waals surface area contributed by atoms with Crippen LogP contribution in [-0.4, -0.2) is 15.7 Å². The molecule has 0 bridgehead atoms. The monoisotopic (exact) mass is 265 g/mol. The minimum atomic E-state index is -1.15. The minimum absolute atomic E-state index is 0.328. The van der Waals surface area contributed by atoms with E-state index >= 15 is 0 Å². The standard InChI is InChI=1S/C13H13F2N3O/c1-3-10-11(7-18(2)17-10)16-13(19)8-5-4-6-9(14)12(8)15/h4-7H,3H2,1-2H3,(H,16,19). The highest BCUT2D eigenvalue weighted by Crippen LogP contribution is 2.17. The van der Waals surface area contributed by atoms with Gasteiger partial charge in [0, 0.05) is 13.2 Å². The van der Waals surface area contributed by atoms with Crippen LogP contribution in [0.5, 0.6) is 0 Å². The minimum Gasteiger partial charge on any atom is -0.319 e. The number of carbonyl (C=O) groups excluding carboxylic acids is 1. The number of anilines is 1. The highest BCUT2D eigenvalue weighted by atomic mass is 19.2. The van der Waals surface area contributed by atoms with Crippen LogP contribution in [0.2, 0.25) is 0 Å². The molecule has 2 rings (SSSR count). The van der Waals surface area contributed by atoms with Gasteiger partial charge in [0.2, 0.25) is 0 Å². The predicted molar refractivity (Wildman–Crippen MR) is 66.9 cm³/mol. The Morgan fingerprint density at radius 2 is 2.16 bits per heavy atom. The summed E-state index contributed by atoms with van der Waals surface area (Å²) in [7, 11) is 1.72. The predicted octanol–water partition coefficient (Wildman–Crippen LogP) is 2.51. The molecule has 0 aliphatic rings. The normalized spacial score (nSPS) is 10.5. The zero-order valence-electron chi connectivity index (χ0n) is 10.6. The van der Waals surface area contributed by atoms with Crippen molar-refractivity contribution in [1.82, 2.24) is 9.78 Å². The second-order valence-corrected chi connectivity index (χ2v) is 4.07. The van der Waals surface area contributed by atoms with Gasteiger partial charge in [0.1, 0.15) is 0 Å². The summed E-state index contributed by atoms with van der Waals surface area (Å²) in [6.45, 7) is 1.89. The van der Waals surface area contributed by atoms with E-state index in [0.717, 1.165) is 6.07 Å². The SMILES string of the molecule is CCc1nn(C)cc1NC(=O)c1cccc(F)c1F. The Kier molecular flexibility index (Phi) is 3.59. The van der Waals surface area contributed by atoms with E-state index in [1.807, 2.05) is 6.92 Å². The summed E-state index contributed by atoms with van der Waals surface area (Å²) in [5, 5.41) is 6.69. The zero-order valence-corrected chi connectivity index (χ0v) is 10.6. The van der Waals surface area contributed by atoms with Crippen molar-refractivity contribution in [1.29, 1.82) is 0 Å². The van der Waals surface area contributed by atoms with Gasteiger partial charge in [0.15, 0.2) is 11.6 Å². The van der Waals surface area contributed by atoms with Gasteiger partial charge in [-0.25, -0.2) is 8.78 Å². The molecule has 2 aromatic rings. The first-order valence-electron chi connectivity index (χ1n) is 5.80. The summed E-state index contributed by atoms with van der Waals surface area (Å²) >= 11 is 0. The van der Waals surface area contributed by atoms with E-state index in [1.54, 1.807) is 17.9 Å². The topological polar surface area (TPSA) is 46.9 Å². The Balaban J connectivity index is 2.28. The van der Waals surface area contributed by atoms with Gasteiger partial charge in [-0.05, 0) is 18.6 Å². The Bertz CT molecular complexity index is 622. The van der Waals surface area contributed by atoms with Gasteiger partial charge in [-0.3, -0.25) is 9.48 Å². The second-order valence-electron chi connectivity index (χ2n) is 4.07. The van der Waals surface area contributed by atoms with Crippen LogP contribution in [0.15, 0.2) is 24.4 Å². The molecular weight excluding hydrogens is 252 g/mol. The lowest BCUT2D eigenvalue weighted by Crippen LogP contribution is -2.15. The third-order valence-corrected chi connectivity index (χ3v) is 2.68. The fourth-order valence-corrected chi connectivity index (χ4v) is 1.77. The van der Waals surface area contributed by atoms with Crippen LogP contribution in [0.1, 0.15) is 23.0 Å². The highest BCUT2D eigenvalue weighted by Gasteiger charge is 2.17. The van der Waals surface area contributed by atoms with Crippen LogP contribution >= 0.6 is 0 Å². The Hall–Kier alpha value is -2.24. The maximum atomic E-state index is 13.5. The number of halogens is 2. The summed E-state index contributed by atoms with van der Waals surface area (Å²) in [6.07, 6.45) is 2.25. The molecule has 0 spiro atoms. The largest absolute Gasteiger partial charge is 0.319 e. The third kappa shape index (κ3) is 2.62. The number of hydrogen-bond donors (Lipinski definition) is 1. The molecule has 0 fully saturated rings. The molecule has 1 aromatic carbocycles. The maximum Gasteiger partial charge on any atom is 0.258 e. The molecule has 0 unspecified atom stereocenters. The molecular formula is C13H13F2N3O. The van der Waals surface area contributed by atoms with Gasteiger partial charge in [-0.15, -0.1) is 0 Å². The molecule has 0 saturated carbocycles. The molecule has 0 atom stereocenters. The molecule has 0 radical (unpaired) electrons.